The molecule has 1 aromatic carbocycles. The summed E-state index contributed by atoms with van der Waals surface area (Å²) < 4.78 is 21.3. The summed E-state index contributed by atoms with van der Waals surface area (Å²) in [6.07, 6.45) is -15.2. The van der Waals surface area contributed by atoms with E-state index in [2.05, 4.69) is 20.3 Å². The summed E-state index contributed by atoms with van der Waals surface area (Å²) in [4.78, 5) is 20.1. The third-order valence-corrected chi connectivity index (χ3v) is 6.85. The minimum absolute atomic E-state index is 0.0517. The zero-order chi connectivity index (χ0) is 29.6. The fourth-order valence-electron chi connectivity index (χ4n) is 4.56. The maximum Gasteiger partial charge on any atom is 0.335 e. The molecule has 222 valence electrons. The highest BCUT2D eigenvalue weighted by Crippen LogP contribution is 2.35. The van der Waals surface area contributed by atoms with Gasteiger partial charge in [0.1, 0.15) is 61.0 Å². The van der Waals surface area contributed by atoms with Crippen LogP contribution in [0.3, 0.4) is 0 Å². The number of carboxylic acid groups (broad SMARTS) is 1. The van der Waals surface area contributed by atoms with Crippen molar-refractivity contribution in [3.05, 3.63) is 35.4 Å². The molecule has 10 atom stereocenters. The smallest absolute Gasteiger partial charge is 0.335 e. The molecule has 41 heavy (non-hydrogen) atoms. The molecule has 5 rings (SSSR count). The Balaban J connectivity index is 1.45. The van der Waals surface area contributed by atoms with Crippen molar-refractivity contribution in [2.24, 2.45) is 0 Å². The molecule has 0 bridgehead atoms. The molecule has 18 nitrogen and oxygen atoms in total. The number of carboxylic acids is 1. The molecule has 0 amide bonds. The first kappa shape index (κ1) is 29.1. The Kier molecular flexibility index (Phi) is 8.12. The van der Waals surface area contributed by atoms with Crippen LogP contribution in [0, 0.1) is 0 Å². The van der Waals surface area contributed by atoms with Gasteiger partial charge in [-0.05, 0) is 18.2 Å². The number of aliphatic hydroxyl groups excluding tert-OH is 8. The van der Waals surface area contributed by atoms with Gasteiger partial charge < -0.3 is 64.5 Å². The van der Waals surface area contributed by atoms with Crippen LogP contribution in [0.4, 0.5) is 0 Å². The van der Waals surface area contributed by atoms with E-state index in [1.54, 1.807) is 0 Å². The number of rotatable bonds is 7. The molecule has 2 aliphatic heterocycles. The van der Waals surface area contributed by atoms with Crippen molar-refractivity contribution in [1.29, 1.82) is 0 Å². The van der Waals surface area contributed by atoms with Crippen LogP contribution >= 0.6 is 0 Å². The quantitative estimate of drug-likeness (QED) is 0.131. The average Bonchev–Trinajstić information content (AvgIpc) is 3.66. The van der Waals surface area contributed by atoms with Crippen molar-refractivity contribution < 1.29 is 69.3 Å². The predicted molar refractivity (Wildman–Crippen MR) is 125 cm³/mol. The Morgan fingerprint density at radius 3 is 1.44 bits per heavy atom. The molecule has 4 heterocycles. The lowest BCUT2D eigenvalue weighted by atomic mass is 9.95. The van der Waals surface area contributed by atoms with Gasteiger partial charge in [0, 0.05) is 11.1 Å². The monoisotopic (exact) mass is 582 g/mol. The summed E-state index contributed by atoms with van der Waals surface area (Å²) >= 11 is 0. The summed E-state index contributed by atoms with van der Waals surface area (Å²) in [6, 6.07) is 3.72. The van der Waals surface area contributed by atoms with Crippen LogP contribution in [0.5, 0.6) is 0 Å². The lowest BCUT2D eigenvalue weighted by Gasteiger charge is -2.38. The molecule has 0 aliphatic carbocycles. The van der Waals surface area contributed by atoms with Crippen molar-refractivity contribution in [3.8, 4) is 22.9 Å². The van der Waals surface area contributed by atoms with E-state index < -0.39 is 80.2 Å². The van der Waals surface area contributed by atoms with E-state index in [0.29, 0.717) is 0 Å². The van der Waals surface area contributed by atoms with E-state index in [1.165, 1.54) is 18.2 Å². The standard InChI is InChI=1S/C23H26N4O14/c28-4-9-11(30)13(32)15(34)17(38-9)19-24-21(40-26-19)6-1-7(3-8(2-6)23(36)37)22-25-20(27-41-22)18-16(35)14(33)12(31)10(5-29)39-18/h1-3,9-18,28-35H,4-5H2,(H,36,37)/t9-,10-,11-,12-,13+,14+,15-,16-,17-,18-/m1/s1. The van der Waals surface area contributed by atoms with Crippen LogP contribution in [0.2, 0.25) is 0 Å². The third kappa shape index (κ3) is 5.33. The number of ether oxygens (including phenoxy) is 2. The van der Waals surface area contributed by atoms with Gasteiger partial charge in [-0.15, -0.1) is 0 Å². The summed E-state index contributed by atoms with van der Waals surface area (Å²) in [5.41, 5.74) is -0.163. The van der Waals surface area contributed by atoms with Crippen molar-refractivity contribution in [1.82, 2.24) is 20.3 Å². The van der Waals surface area contributed by atoms with E-state index in [-0.39, 0.29) is 40.1 Å². The highest BCUT2D eigenvalue weighted by atomic mass is 16.6. The summed E-state index contributed by atoms with van der Waals surface area (Å²) in [5.74, 6) is -2.36. The van der Waals surface area contributed by atoms with Gasteiger partial charge in [0.15, 0.2) is 0 Å². The largest absolute Gasteiger partial charge is 0.478 e. The van der Waals surface area contributed by atoms with Crippen LogP contribution in [0.1, 0.15) is 34.2 Å². The maximum absolute atomic E-state index is 11.8. The Labute approximate surface area is 228 Å². The van der Waals surface area contributed by atoms with Gasteiger partial charge in [0.05, 0.1) is 18.8 Å². The number of aliphatic hydroxyl groups is 8. The van der Waals surface area contributed by atoms with Crippen molar-refractivity contribution in [3.63, 3.8) is 0 Å². The predicted octanol–water partition coefficient (Wildman–Crippen LogP) is -3.49. The molecule has 18 heteroatoms. The topological polar surface area (TPSA) is 295 Å². The molecule has 2 saturated heterocycles. The van der Waals surface area contributed by atoms with Gasteiger partial charge in [-0.3, -0.25) is 0 Å². The van der Waals surface area contributed by atoms with Crippen LogP contribution in [-0.2, 0) is 9.47 Å². The Bertz CT molecular complexity index is 1290. The molecule has 3 aromatic rings. The number of carbonyl (C=O) groups is 1. The molecule has 2 aliphatic rings. The molecular formula is C23H26N4O14. The molecule has 0 spiro atoms. The van der Waals surface area contributed by atoms with Crippen LogP contribution in [-0.4, -0.2) is 134 Å². The van der Waals surface area contributed by atoms with E-state index in [4.69, 9.17) is 18.5 Å². The highest BCUT2D eigenvalue weighted by Gasteiger charge is 2.47. The number of aromatic nitrogens is 4. The lowest BCUT2D eigenvalue weighted by molar-refractivity contribution is -0.233. The molecule has 0 unspecified atom stereocenters. The van der Waals surface area contributed by atoms with Crippen LogP contribution < -0.4 is 0 Å². The lowest BCUT2D eigenvalue weighted by Crippen LogP contribution is -2.55. The Morgan fingerprint density at radius 1 is 0.659 bits per heavy atom. The average molecular weight is 582 g/mol. The number of hydrogen-bond donors (Lipinski definition) is 9. The first-order valence-corrected chi connectivity index (χ1v) is 12.2. The second-order valence-corrected chi connectivity index (χ2v) is 9.52. The minimum atomic E-state index is -1.69. The number of aromatic carboxylic acids is 1. The van der Waals surface area contributed by atoms with Gasteiger partial charge in [0.25, 0.3) is 11.8 Å². The maximum atomic E-state index is 11.8. The zero-order valence-corrected chi connectivity index (χ0v) is 20.8. The SMILES string of the molecule is O=C(O)c1cc(-c2nc([C@@H]3O[C@H](CO)[C@@H](O)[C@H](O)[C@H]3O)no2)cc(-c2nc([C@@H]3O[C@H](CO)[C@@H](O)[C@H](O)[C@H]3O)no2)c1. The van der Waals surface area contributed by atoms with Gasteiger partial charge in [-0.25, -0.2) is 4.79 Å². The molecule has 0 saturated carbocycles. The van der Waals surface area contributed by atoms with Crippen molar-refractivity contribution in [2.75, 3.05) is 13.2 Å². The van der Waals surface area contributed by atoms with E-state index in [0.717, 1.165) is 0 Å². The van der Waals surface area contributed by atoms with Crippen molar-refractivity contribution >= 4 is 5.97 Å². The third-order valence-electron chi connectivity index (χ3n) is 6.85. The molecule has 9 N–H and O–H groups in total. The zero-order valence-electron chi connectivity index (χ0n) is 20.8. The highest BCUT2D eigenvalue weighted by molar-refractivity contribution is 5.91. The first-order valence-electron chi connectivity index (χ1n) is 12.2. The fourth-order valence-corrected chi connectivity index (χ4v) is 4.56. The summed E-state index contributed by atoms with van der Waals surface area (Å²) in [7, 11) is 0. The molecule has 2 fully saturated rings. The Hall–Kier alpha value is -3.43. The number of hydrogen-bond acceptors (Lipinski definition) is 17. The minimum Gasteiger partial charge on any atom is -0.478 e. The summed E-state index contributed by atoms with van der Waals surface area (Å²) in [6.45, 7) is -1.35. The molecular weight excluding hydrogens is 556 g/mol. The molecule has 0 radical (unpaired) electrons. The second kappa shape index (κ2) is 11.4. The van der Waals surface area contributed by atoms with E-state index in [9.17, 15) is 50.8 Å². The Morgan fingerprint density at radius 2 is 1.07 bits per heavy atom. The number of nitrogens with zero attached hydrogens (tertiary/aromatic N) is 4. The first-order chi connectivity index (χ1) is 19.5. The van der Waals surface area contributed by atoms with Crippen LogP contribution in [0.25, 0.3) is 22.9 Å². The fraction of sp³-hybridized carbons (Fsp3) is 0.522. The van der Waals surface area contributed by atoms with Gasteiger partial charge in [-0.1, -0.05) is 10.3 Å². The van der Waals surface area contributed by atoms with Gasteiger partial charge in [0.2, 0.25) is 11.6 Å². The van der Waals surface area contributed by atoms with Gasteiger partial charge >= 0.3 is 5.97 Å². The summed E-state index contributed by atoms with van der Waals surface area (Å²) in [5, 5.41) is 96.7. The van der Waals surface area contributed by atoms with Gasteiger partial charge in [-0.2, -0.15) is 9.97 Å². The normalized spacial score (nSPS) is 34.0. The van der Waals surface area contributed by atoms with Crippen LogP contribution in [0.15, 0.2) is 27.2 Å². The van der Waals surface area contributed by atoms with E-state index in [1.807, 2.05) is 0 Å². The van der Waals surface area contributed by atoms with E-state index >= 15 is 0 Å². The second-order valence-electron chi connectivity index (χ2n) is 9.52. The van der Waals surface area contributed by atoms with Crippen molar-refractivity contribution in [2.45, 2.75) is 61.0 Å². The number of benzene rings is 1. The molecule has 2 aromatic heterocycles.